The molecule has 4 nitrogen and oxygen atoms in total. The van der Waals surface area contributed by atoms with Gasteiger partial charge in [-0.1, -0.05) is 6.92 Å². The standard InChI is InChI=1S/C10H15N3OS/c1-2-8-6-13(4-3-10(8)14)7-9-5-11-15-12-9/h5,8H,2-4,6-7H2,1H3. The maximum absolute atomic E-state index is 11.5. The van der Waals surface area contributed by atoms with Crippen molar-refractivity contribution in [3.05, 3.63) is 11.9 Å². The van der Waals surface area contributed by atoms with Crippen LogP contribution in [0.1, 0.15) is 25.5 Å². The number of rotatable bonds is 3. The maximum atomic E-state index is 11.5. The van der Waals surface area contributed by atoms with Crippen molar-refractivity contribution < 1.29 is 4.79 Å². The normalized spacial score (nSPS) is 23.3. The Hall–Kier alpha value is -0.810. The molecule has 1 unspecified atom stereocenters. The van der Waals surface area contributed by atoms with Crippen LogP contribution in [0.15, 0.2) is 6.20 Å². The average Bonchev–Trinajstić information content (AvgIpc) is 2.73. The van der Waals surface area contributed by atoms with Gasteiger partial charge in [-0.25, -0.2) is 0 Å². The molecule has 0 saturated carbocycles. The molecule has 1 aliphatic heterocycles. The van der Waals surface area contributed by atoms with E-state index in [0.29, 0.717) is 12.2 Å². The molecule has 1 aliphatic rings. The van der Waals surface area contributed by atoms with Gasteiger partial charge in [0.1, 0.15) is 5.78 Å². The zero-order valence-corrected chi connectivity index (χ0v) is 9.66. The maximum Gasteiger partial charge on any atom is 0.138 e. The van der Waals surface area contributed by atoms with Gasteiger partial charge in [0.15, 0.2) is 0 Å². The van der Waals surface area contributed by atoms with Gasteiger partial charge in [0.2, 0.25) is 0 Å². The zero-order chi connectivity index (χ0) is 10.7. The number of piperidine rings is 1. The molecule has 1 atom stereocenters. The average molecular weight is 225 g/mol. The second kappa shape index (κ2) is 4.81. The lowest BCUT2D eigenvalue weighted by molar-refractivity contribution is -0.126. The lowest BCUT2D eigenvalue weighted by atomic mass is 9.94. The SMILES string of the molecule is CCC1CN(Cc2cnsn2)CCC1=O. The highest BCUT2D eigenvalue weighted by molar-refractivity contribution is 6.99. The van der Waals surface area contributed by atoms with Crippen LogP contribution in [0.25, 0.3) is 0 Å². The van der Waals surface area contributed by atoms with E-state index in [0.717, 1.165) is 31.7 Å². The minimum atomic E-state index is 0.227. The molecule has 0 N–H and O–H groups in total. The molecule has 82 valence electrons. The highest BCUT2D eigenvalue weighted by Gasteiger charge is 2.25. The van der Waals surface area contributed by atoms with Gasteiger partial charge in [-0.15, -0.1) is 0 Å². The van der Waals surface area contributed by atoms with Crippen LogP contribution in [-0.2, 0) is 11.3 Å². The highest BCUT2D eigenvalue weighted by Crippen LogP contribution is 2.17. The molecule has 0 aromatic carbocycles. The predicted molar refractivity (Wildman–Crippen MR) is 58.6 cm³/mol. The quantitative estimate of drug-likeness (QED) is 0.778. The van der Waals surface area contributed by atoms with Gasteiger partial charge in [-0.2, -0.15) is 8.75 Å². The lowest BCUT2D eigenvalue weighted by Gasteiger charge is -2.30. The Balaban J connectivity index is 1.92. The molecule has 0 spiro atoms. The molecule has 0 bridgehead atoms. The minimum absolute atomic E-state index is 0.227. The van der Waals surface area contributed by atoms with E-state index < -0.39 is 0 Å². The number of Topliss-reactive ketones (excluding diaryl/α,β-unsaturated/α-hetero) is 1. The molecule has 0 radical (unpaired) electrons. The molecule has 1 aromatic rings. The van der Waals surface area contributed by atoms with Crippen molar-refractivity contribution in [3.63, 3.8) is 0 Å². The Morgan fingerprint density at radius 3 is 3.20 bits per heavy atom. The summed E-state index contributed by atoms with van der Waals surface area (Å²) < 4.78 is 8.16. The second-order valence-electron chi connectivity index (χ2n) is 3.96. The van der Waals surface area contributed by atoms with Crippen LogP contribution in [0.3, 0.4) is 0 Å². The monoisotopic (exact) mass is 225 g/mol. The number of likely N-dealkylation sites (tertiary alicyclic amines) is 1. The van der Waals surface area contributed by atoms with Gasteiger partial charge in [0, 0.05) is 32.0 Å². The van der Waals surface area contributed by atoms with Crippen molar-refractivity contribution in [1.29, 1.82) is 0 Å². The van der Waals surface area contributed by atoms with Crippen LogP contribution in [0.5, 0.6) is 0 Å². The molecule has 5 heteroatoms. The van der Waals surface area contributed by atoms with E-state index in [9.17, 15) is 4.79 Å². The number of hydrogen-bond donors (Lipinski definition) is 0. The molecule has 1 fully saturated rings. The summed E-state index contributed by atoms with van der Waals surface area (Å²) in [6.07, 6.45) is 3.45. The van der Waals surface area contributed by atoms with Gasteiger partial charge in [0.25, 0.3) is 0 Å². The van der Waals surface area contributed by atoms with Gasteiger partial charge in [0.05, 0.1) is 23.6 Å². The summed E-state index contributed by atoms with van der Waals surface area (Å²) in [4.78, 5) is 13.8. The topological polar surface area (TPSA) is 46.1 Å². The van der Waals surface area contributed by atoms with E-state index in [-0.39, 0.29) is 5.92 Å². The third-order valence-electron chi connectivity index (χ3n) is 2.89. The molecule has 15 heavy (non-hydrogen) atoms. The Labute approximate surface area is 93.6 Å². The molecular formula is C10H15N3OS. The van der Waals surface area contributed by atoms with E-state index in [1.807, 2.05) is 6.20 Å². The third kappa shape index (κ3) is 2.60. The van der Waals surface area contributed by atoms with Crippen LogP contribution in [0, 0.1) is 5.92 Å². The smallest absolute Gasteiger partial charge is 0.138 e. The van der Waals surface area contributed by atoms with Crippen LogP contribution in [0.4, 0.5) is 0 Å². The van der Waals surface area contributed by atoms with E-state index in [1.165, 1.54) is 11.7 Å². The molecule has 1 aromatic heterocycles. The van der Waals surface area contributed by atoms with Gasteiger partial charge < -0.3 is 0 Å². The first-order valence-electron chi connectivity index (χ1n) is 5.31. The van der Waals surface area contributed by atoms with Crippen molar-refractivity contribution in [3.8, 4) is 0 Å². The number of ketones is 1. The number of carbonyl (C=O) groups excluding carboxylic acids is 1. The number of nitrogens with zero attached hydrogens (tertiary/aromatic N) is 3. The molecular weight excluding hydrogens is 210 g/mol. The Kier molecular flexibility index (Phi) is 3.43. The summed E-state index contributed by atoms with van der Waals surface area (Å²) in [6, 6.07) is 0. The van der Waals surface area contributed by atoms with Crippen LogP contribution >= 0.6 is 11.7 Å². The van der Waals surface area contributed by atoms with Crippen molar-refractivity contribution in [1.82, 2.24) is 13.6 Å². The number of hydrogen-bond acceptors (Lipinski definition) is 5. The van der Waals surface area contributed by atoms with E-state index >= 15 is 0 Å². The Morgan fingerprint density at radius 1 is 1.67 bits per heavy atom. The van der Waals surface area contributed by atoms with Crippen molar-refractivity contribution in [2.75, 3.05) is 13.1 Å². The summed E-state index contributed by atoms with van der Waals surface area (Å²) in [5.41, 5.74) is 1.02. The zero-order valence-electron chi connectivity index (χ0n) is 8.85. The fourth-order valence-corrected chi connectivity index (χ4v) is 2.39. The summed E-state index contributed by atoms with van der Waals surface area (Å²) in [7, 11) is 0. The van der Waals surface area contributed by atoms with Crippen molar-refractivity contribution >= 4 is 17.5 Å². The van der Waals surface area contributed by atoms with Gasteiger partial charge in [-0.3, -0.25) is 9.69 Å². The van der Waals surface area contributed by atoms with E-state index in [4.69, 9.17) is 0 Å². The highest BCUT2D eigenvalue weighted by atomic mass is 32.1. The summed E-state index contributed by atoms with van der Waals surface area (Å²) >= 11 is 1.24. The van der Waals surface area contributed by atoms with Crippen molar-refractivity contribution in [2.24, 2.45) is 5.92 Å². The molecule has 2 rings (SSSR count). The Morgan fingerprint density at radius 2 is 2.53 bits per heavy atom. The lowest BCUT2D eigenvalue weighted by Crippen LogP contribution is -2.40. The Bertz CT molecular complexity index is 325. The summed E-state index contributed by atoms with van der Waals surface area (Å²) in [5, 5.41) is 0. The third-order valence-corrected chi connectivity index (χ3v) is 3.41. The van der Waals surface area contributed by atoms with E-state index in [1.54, 1.807) is 0 Å². The largest absolute Gasteiger partial charge is 0.299 e. The van der Waals surface area contributed by atoms with Crippen molar-refractivity contribution in [2.45, 2.75) is 26.3 Å². The summed E-state index contributed by atoms with van der Waals surface area (Å²) in [5.74, 6) is 0.649. The predicted octanol–water partition coefficient (Wildman–Crippen LogP) is 1.34. The van der Waals surface area contributed by atoms with E-state index in [2.05, 4.69) is 20.6 Å². The molecule has 2 heterocycles. The minimum Gasteiger partial charge on any atom is -0.299 e. The van der Waals surface area contributed by atoms with Gasteiger partial charge >= 0.3 is 0 Å². The fourth-order valence-electron chi connectivity index (χ4n) is 1.96. The first-order chi connectivity index (χ1) is 7.29. The van der Waals surface area contributed by atoms with Crippen LogP contribution < -0.4 is 0 Å². The fraction of sp³-hybridized carbons (Fsp3) is 0.700. The number of carbonyl (C=O) groups is 1. The molecule has 0 amide bonds. The molecule has 0 aliphatic carbocycles. The van der Waals surface area contributed by atoms with Gasteiger partial charge in [-0.05, 0) is 6.42 Å². The van der Waals surface area contributed by atoms with Crippen LogP contribution in [0.2, 0.25) is 0 Å². The number of aromatic nitrogens is 2. The summed E-state index contributed by atoms with van der Waals surface area (Å²) in [6.45, 7) is 4.66. The first-order valence-corrected chi connectivity index (χ1v) is 6.04. The first kappa shape index (κ1) is 10.7. The van der Waals surface area contributed by atoms with Crippen LogP contribution in [-0.4, -0.2) is 32.5 Å². The molecule has 1 saturated heterocycles. The second-order valence-corrected chi connectivity index (χ2v) is 4.51.